The van der Waals surface area contributed by atoms with E-state index in [1.165, 1.54) is 18.2 Å². The highest BCUT2D eigenvalue weighted by Gasteiger charge is 2.67. The third kappa shape index (κ3) is 2.64. The number of benzene rings is 1. The van der Waals surface area contributed by atoms with Crippen LogP contribution in [-0.2, 0) is 14.4 Å². The van der Waals surface area contributed by atoms with E-state index in [0.717, 1.165) is 11.3 Å². The molecule has 5 nitrogen and oxygen atoms in total. The maximum absolute atomic E-state index is 13.3. The lowest BCUT2D eigenvalue weighted by Gasteiger charge is -2.37. The van der Waals surface area contributed by atoms with Crippen LogP contribution in [0.1, 0.15) is 12.0 Å². The molecule has 5 aliphatic rings. The van der Waals surface area contributed by atoms with Crippen LogP contribution in [0, 0.1) is 42.4 Å². The number of anilines is 1. The first-order valence-electron chi connectivity index (χ1n) is 9.67. The van der Waals surface area contributed by atoms with Gasteiger partial charge in [0.25, 0.3) is 0 Å². The van der Waals surface area contributed by atoms with Crippen molar-refractivity contribution in [1.82, 2.24) is 4.90 Å². The monoisotopic (exact) mass is 404 g/mol. The van der Waals surface area contributed by atoms with Gasteiger partial charge in [-0.1, -0.05) is 24.3 Å². The summed E-state index contributed by atoms with van der Waals surface area (Å²) in [5, 5.41) is 0. The highest BCUT2D eigenvalue weighted by Crippen LogP contribution is 2.65. The van der Waals surface area contributed by atoms with Crippen molar-refractivity contribution in [2.45, 2.75) is 19.5 Å². The van der Waals surface area contributed by atoms with Crippen LogP contribution in [0.15, 0.2) is 36.4 Å². The third-order valence-corrected chi connectivity index (χ3v) is 6.84. The zero-order chi connectivity index (χ0) is 20.7. The Hall–Kier alpha value is -2.64. The minimum atomic E-state index is -5.12. The molecule has 1 aromatic rings. The predicted octanol–water partition coefficient (Wildman–Crippen LogP) is 2.90. The van der Waals surface area contributed by atoms with Crippen LogP contribution in [0.25, 0.3) is 0 Å². The van der Waals surface area contributed by atoms with Gasteiger partial charge >= 0.3 is 12.1 Å². The van der Waals surface area contributed by atoms with Gasteiger partial charge in [0.1, 0.15) is 6.67 Å². The summed E-state index contributed by atoms with van der Waals surface area (Å²) in [4.78, 5) is 39.6. The SMILES string of the molecule is Cc1cccc(N(CN2C(=O)C3C4C=CC(C5CC45)C3C2=O)C(=O)C(F)(F)F)c1. The molecule has 0 spiro atoms. The zero-order valence-corrected chi connectivity index (χ0v) is 15.6. The Morgan fingerprint density at radius 1 is 1.10 bits per heavy atom. The number of rotatable bonds is 3. The minimum absolute atomic E-state index is 0.00624. The topological polar surface area (TPSA) is 57.7 Å². The van der Waals surface area contributed by atoms with Crippen LogP contribution in [0.3, 0.4) is 0 Å². The molecule has 1 heterocycles. The van der Waals surface area contributed by atoms with Gasteiger partial charge < -0.3 is 0 Å². The molecule has 1 aromatic carbocycles. The summed E-state index contributed by atoms with van der Waals surface area (Å²) < 4.78 is 39.8. The van der Waals surface area contributed by atoms with Gasteiger partial charge in [0, 0.05) is 5.69 Å². The summed E-state index contributed by atoms with van der Waals surface area (Å²) in [5.41, 5.74) is 0.671. The van der Waals surface area contributed by atoms with E-state index in [9.17, 15) is 27.6 Å². The molecular weight excluding hydrogens is 385 g/mol. The number of aryl methyl sites for hydroxylation is 1. The van der Waals surface area contributed by atoms with Gasteiger partial charge in [0.05, 0.1) is 11.8 Å². The molecule has 6 unspecified atom stereocenters. The maximum Gasteiger partial charge on any atom is 0.471 e. The molecule has 29 heavy (non-hydrogen) atoms. The van der Waals surface area contributed by atoms with Crippen molar-refractivity contribution in [3.63, 3.8) is 0 Å². The van der Waals surface area contributed by atoms with Crippen molar-refractivity contribution in [2.24, 2.45) is 35.5 Å². The minimum Gasteiger partial charge on any atom is -0.286 e. The van der Waals surface area contributed by atoms with Crippen molar-refractivity contribution in [2.75, 3.05) is 11.6 Å². The lowest BCUT2D eigenvalue weighted by molar-refractivity contribution is -0.171. The number of alkyl halides is 3. The number of hydrogen-bond donors (Lipinski definition) is 0. The Bertz CT molecular complexity index is 921. The highest BCUT2D eigenvalue weighted by molar-refractivity contribution is 6.07. The first-order chi connectivity index (χ1) is 13.7. The summed E-state index contributed by atoms with van der Waals surface area (Å²) >= 11 is 0. The fourth-order valence-electron chi connectivity index (χ4n) is 5.51. The smallest absolute Gasteiger partial charge is 0.286 e. The Balaban J connectivity index is 1.47. The Kier molecular flexibility index (Phi) is 3.76. The largest absolute Gasteiger partial charge is 0.471 e. The number of hydrogen-bond acceptors (Lipinski definition) is 3. The molecular formula is C21H19F3N2O3. The van der Waals surface area contributed by atoms with Crippen LogP contribution in [-0.4, -0.2) is 35.5 Å². The first kappa shape index (κ1) is 18.4. The van der Waals surface area contributed by atoms with Crippen LogP contribution >= 0.6 is 0 Å². The van der Waals surface area contributed by atoms with Crippen molar-refractivity contribution in [1.29, 1.82) is 0 Å². The predicted molar refractivity (Wildman–Crippen MR) is 96.1 cm³/mol. The second-order valence-electron chi connectivity index (χ2n) is 8.47. The van der Waals surface area contributed by atoms with E-state index in [1.54, 1.807) is 13.0 Å². The average Bonchev–Trinajstić information content (AvgIpc) is 3.44. The summed E-state index contributed by atoms with van der Waals surface area (Å²) in [7, 11) is 0. The van der Waals surface area contributed by atoms with E-state index in [2.05, 4.69) is 0 Å². The number of imide groups is 1. The maximum atomic E-state index is 13.3. The molecule has 8 heteroatoms. The van der Waals surface area contributed by atoms with E-state index in [4.69, 9.17) is 0 Å². The molecule has 0 aromatic heterocycles. The van der Waals surface area contributed by atoms with Gasteiger partial charge in [-0.15, -0.1) is 0 Å². The second-order valence-corrected chi connectivity index (χ2v) is 8.47. The molecule has 3 fully saturated rings. The molecule has 6 rings (SSSR count). The Labute approximate surface area is 165 Å². The van der Waals surface area contributed by atoms with Gasteiger partial charge in [-0.2, -0.15) is 13.2 Å². The second kappa shape index (κ2) is 5.93. The van der Waals surface area contributed by atoms with E-state index >= 15 is 0 Å². The van der Waals surface area contributed by atoms with Crippen LogP contribution < -0.4 is 4.90 Å². The summed E-state index contributed by atoms with van der Waals surface area (Å²) in [6.07, 6.45) is -0.135. The fraction of sp³-hybridized carbons (Fsp3) is 0.476. The summed E-state index contributed by atoms with van der Waals surface area (Å²) in [6, 6.07) is 6.03. The number of carbonyl (C=O) groups is 3. The Morgan fingerprint density at radius 2 is 1.69 bits per heavy atom. The molecule has 6 atom stereocenters. The third-order valence-electron chi connectivity index (χ3n) is 6.84. The van der Waals surface area contributed by atoms with Crippen molar-refractivity contribution >= 4 is 23.4 Å². The summed E-state index contributed by atoms with van der Waals surface area (Å²) in [5.74, 6) is -3.30. The zero-order valence-electron chi connectivity index (χ0n) is 15.6. The highest BCUT2D eigenvalue weighted by atomic mass is 19.4. The first-order valence-corrected chi connectivity index (χ1v) is 9.67. The number of halogens is 3. The molecule has 3 amide bonds. The van der Waals surface area contributed by atoms with E-state index in [1.807, 2.05) is 12.2 Å². The molecule has 2 saturated carbocycles. The molecule has 0 N–H and O–H groups in total. The van der Waals surface area contributed by atoms with Gasteiger partial charge in [0.2, 0.25) is 11.8 Å². The quantitative estimate of drug-likeness (QED) is 0.575. The number of likely N-dealkylation sites (tertiary alicyclic amines) is 1. The normalized spacial score (nSPS) is 34.3. The van der Waals surface area contributed by atoms with Gasteiger partial charge in [0.15, 0.2) is 0 Å². The van der Waals surface area contributed by atoms with Crippen molar-refractivity contribution in [3.05, 3.63) is 42.0 Å². The standard InChI is InChI=1S/C21H19F3N2O3/c1-10-3-2-4-11(7-10)25(20(29)21(22,23)24)9-26-18(27)16-12-5-6-13(15-8-14(12)15)17(16)19(26)28/h2-7,12-17H,8-9H2,1H3. The van der Waals surface area contributed by atoms with Crippen LogP contribution in [0.2, 0.25) is 0 Å². The number of amides is 3. The number of allylic oxidation sites excluding steroid dienone is 2. The molecule has 4 aliphatic carbocycles. The lowest BCUT2D eigenvalue weighted by Crippen LogP contribution is -2.49. The van der Waals surface area contributed by atoms with Crippen molar-refractivity contribution in [3.8, 4) is 0 Å². The van der Waals surface area contributed by atoms with E-state index in [0.29, 0.717) is 22.3 Å². The van der Waals surface area contributed by atoms with Gasteiger partial charge in [-0.05, 0) is 54.7 Å². The molecule has 1 aliphatic heterocycles. The fourth-order valence-corrected chi connectivity index (χ4v) is 5.51. The lowest BCUT2D eigenvalue weighted by atomic mass is 9.63. The molecule has 0 radical (unpaired) electrons. The summed E-state index contributed by atoms with van der Waals surface area (Å²) in [6.45, 7) is 0.970. The van der Waals surface area contributed by atoms with Crippen LogP contribution in [0.5, 0.6) is 0 Å². The number of nitrogens with zero attached hydrogens (tertiary/aromatic N) is 2. The molecule has 152 valence electrons. The Morgan fingerprint density at radius 3 is 2.21 bits per heavy atom. The average molecular weight is 404 g/mol. The van der Waals surface area contributed by atoms with Crippen molar-refractivity contribution < 1.29 is 27.6 Å². The van der Waals surface area contributed by atoms with E-state index < -0.39 is 42.4 Å². The molecule has 1 saturated heterocycles. The molecule has 2 bridgehead atoms. The van der Waals surface area contributed by atoms with Crippen LogP contribution in [0.4, 0.5) is 18.9 Å². The van der Waals surface area contributed by atoms with Gasteiger partial charge in [-0.3, -0.25) is 24.2 Å². The van der Waals surface area contributed by atoms with E-state index in [-0.39, 0.29) is 17.5 Å². The van der Waals surface area contributed by atoms with Gasteiger partial charge in [-0.25, -0.2) is 0 Å². The number of carbonyl (C=O) groups excluding carboxylic acids is 3.